The van der Waals surface area contributed by atoms with E-state index in [2.05, 4.69) is 9.97 Å². The molecule has 0 aliphatic carbocycles. The molecule has 0 bridgehead atoms. The van der Waals surface area contributed by atoms with Gasteiger partial charge in [-0.3, -0.25) is 4.79 Å². The Morgan fingerprint density at radius 2 is 2.00 bits per heavy atom. The van der Waals surface area contributed by atoms with Crippen LogP contribution in [-0.4, -0.2) is 34.9 Å². The fourth-order valence-corrected chi connectivity index (χ4v) is 0.829. The highest BCUT2D eigenvalue weighted by molar-refractivity contribution is 5.93. The second-order valence-corrected chi connectivity index (χ2v) is 2.79. The number of hydrogen-bond donors (Lipinski definition) is 1. The molecule has 0 fully saturated rings. The molecule has 1 aromatic rings. The van der Waals surface area contributed by atoms with Gasteiger partial charge in [0.2, 0.25) is 0 Å². The van der Waals surface area contributed by atoms with Crippen molar-refractivity contribution in [2.24, 2.45) is 5.73 Å². The predicted molar refractivity (Wildman–Crippen MR) is 47.9 cm³/mol. The van der Waals surface area contributed by atoms with E-state index in [-0.39, 0.29) is 12.5 Å². The van der Waals surface area contributed by atoms with Crippen LogP contribution in [0.5, 0.6) is 0 Å². The Hall–Kier alpha value is -1.49. The molecule has 5 heteroatoms. The molecule has 1 rings (SSSR count). The van der Waals surface area contributed by atoms with Crippen LogP contribution in [0.4, 0.5) is 0 Å². The normalized spacial score (nSPS) is 9.77. The van der Waals surface area contributed by atoms with Crippen molar-refractivity contribution in [3.63, 3.8) is 0 Å². The Kier molecular flexibility index (Phi) is 2.92. The third kappa shape index (κ3) is 2.22. The fourth-order valence-electron chi connectivity index (χ4n) is 0.829. The second-order valence-electron chi connectivity index (χ2n) is 2.79. The van der Waals surface area contributed by atoms with Crippen LogP contribution in [0, 0.1) is 0 Å². The van der Waals surface area contributed by atoms with Crippen molar-refractivity contribution in [3.05, 3.63) is 23.8 Å². The van der Waals surface area contributed by atoms with E-state index in [1.807, 2.05) is 0 Å². The lowest BCUT2D eigenvalue weighted by molar-refractivity contribution is 0.0826. The molecule has 70 valence electrons. The average Bonchev–Trinajstić information content (AvgIpc) is 2.17. The SMILES string of the molecule is CN(C)C(=O)c1cnc(CN)nc1. The van der Waals surface area contributed by atoms with Gasteiger partial charge in [-0.25, -0.2) is 9.97 Å². The van der Waals surface area contributed by atoms with E-state index in [0.29, 0.717) is 11.4 Å². The van der Waals surface area contributed by atoms with Crippen molar-refractivity contribution < 1.29 is 4.79 Å². The largest absolute Gasteiger partial charge is 0.345 e. The zero-order valence-corrected chi connectivity index (χ0v) is 7.69. The summed E-state index contributed by atoms with van der Waals surface area (Å²) in [7, 11) is 3.36. The predicted octanol–water partition coefficient (Wildman–Crippen LogP) is -0.363. The topological polar surface area (TPSA) is 72.1 Å². The van der Waals surface area contributed by atoms with Crippen LogP contribution in [0.3, 0.4) is 0 Å². The lowest BCUT2D eigenvalue weighted by atomic mass is 10.3. The van der Waals surface area contributed by atoms with Gasteiger partial charge < -0.3 is 10.6 Å². The lowest BCUT2D eigenvalue weighted by Crippen LogP contribution is -2.22. The van der Waals surface area contributed by atoms with E-state index in [1.165, 1.54) is 17.3 Å². The van der Waals surface area contributed by atoms with Crippen LogP contribution in [0.15, 0.2) is 12.4 Å². The highest BCUT2D eigenvalue weighted by Crippen LogP contribution is 1.98. The van der Waals surface area contributed by atoms with Crippen molar-refractivity contribution in [2.75, 3.05) is 14.1 Å². The van der Waals surface area contributed by atoms with Gasteiger partial charge in [-0.1, -0.05) is 0 Å². The van der Waals surface area contributed by atoms with Crippen LogP contribution in [-0.2, 0) is 6.54 Å². The van der Waals surface area contributed by atoms with Gasteiger partial charge in [-0.15, -0.1) is 0 Å². The number of nitrogens with two attached hydrogens (primary N) is 1. The second kappa shape index (κ2) is 3.95. The first-order chi connectivity index (χ1) is 6.15. The molecular formula is C8H12N4O. The van der Waals surface area contributed by atoms with Crippen molar-refractivity contribution in [2.45, 2.75) is 6.54 Å². The maximum Gasteiger partial charge on any atom is 0.256 e. The molecule has 0 aliphatic heterocycles. The number of nitrogens with zero attached hydrogens (tertiary/aromatic N) is 3. The van der Waals surface area contributed by atoms with Gasteiger partial charge in [-0.2, -0.15) is 0 Å². The Morgan fingerprint density at radius 3 is 2.38 bits per heavy atom. The van der Waals surface area contributed by atoms with E-state index in [1.54, 1.807) is 14.1 Å². The maximum absolute atomic E-state index is 11.4. The quantitative estimate of drug-likeness (QED) is 0.674. The van der Waals surface area contributed by atoms with Crippen LogP contribution in [0.1, 0.15) is 16.2 Å². The third-order valence-electron chi connectivity index (χ3n) is 1.54. The first-order valence-electron chi connectivity index (χ1n) is 3.87. The number of aromatic nitrogens is 2. The van der Waals surface area contributed by atoms with E-state index in [9.17, 15) is 4.79 Å². The van der Waals surface area contributed by atoms with Crippen molar-refractivity contribution in [1.29, 1.82) is 0 Å². The summed E-state index contributed by atoms with van der Waals surface area (Å²) in [5.41, 5.74) is 5.79. The van der Waals surface area contributed by atoms with Crippen LogP contribution in [0.25, 0.3) is 0 Å². The van der Waals surface area contributed by atoms with Gasteiger partial charge >= 0.3 is 0 Å². The minimum absolute atomic E-state index is 0.108. The Balaban J connectivity index is 2.86. The first-order valence-corrected chi connectivity index (χ1v) is 3.87. The van der Waals surface area contributed by atoms with Crippen LogP contribution >= 0.6 is 0 Å². The molecule has 5 nitrogen and oxygen atoms in total. The first kappa shape index (κ1) is 9.60. The summed E-state index contributed by atoms with van der Waals surface area (Å²) in [5, 5.41) is 0. The highest BCUT2D eigenvalue weighted by Gasteiger charge is 2.07. The number of amides is 1. The molecule has 0 aliphatic rings. The molecular weight excluding hydrogens is 168 g/mol. The summed E-state index contributed by atoms with van der Waals surface area (Å²) in [6.45, 7) is 0.288. The molecule has 0 atom stereocenters. The summed E-state index contributed by atoms with van der Waals surface area (Å²) >= 11 is 0. The number of carbonyl (C=O) groups excluding carboxylic acids is 1. The standard InChI is InChI=1S/C8H12N4O/c1-12(2)8(13)6-4-10-7(3-9)11-5-6/h4-5H,3,9H2,1-2H3. The molecule has 0 unspecified atom stereocenters. The highest BCUT2D eigenvalue weighted by atomic mass is 16.2. The Bertz CT molecular complexity index is 294. The number of hydrogen-bond acceptors (Lipinski definition) is 4. The van der Waals surface area contributed by atoms with E-state index in [0.717, 1.165) is 0 Å². The zero-order valence-electron chi connectivity index (χ0n) is 7.69. The molecule has 2 N–H and O–H groups in total. The Labute approximate surface area is 76.6 Å². The fraction of sp³-hybridized carbons (Fsp3) is 0.375. The summed E-state index contributed by atoms with van der Waals surface area (Å²) in [5.74, 6) is 0.430. The zero-order chi connectivity index (χ0) is 9.84. The summed E-state index contributed by atoms with van der Waals surface area (Å²) in [6.07, 6.45) is 2.97. The van der Waals surface area contributed by atoms with Crippen molar-refractivity contribution >= 4 is 5.91 Å². The minimum atomic E-state index is -0.108. The smallest absolute Gasteiger partial charge is 0.256 e. The van der Waals surface area contributed by atoms with E-state index in [4.69, 9.17) is 5.73 Å². The van der Waals surface area contributed by atoms with E-state index >= 15 is 0 Å². The molecule has 0 spiro atoms. The minimum Gasteiger partial charge on any atom is -0.345 e. The average molecular weight is 180 g/mol. The van der Waals surface area contributed by atoms with Gasteiger partial charge in [0.05, 0.1) is 12.1 Å². The maximum atomic E-state index is 11.4. The van der Waals surface area contributed by atoms with Gasteiger partial charge in [0.1, 0.15) is 5.82 Å². The van der Waals surface area contributed by atoms with E-state index < -0.39 is 0 Å². The van der Waals surface area contributed by atoms with Gasteiger partial charge in [0.25, 0.3) is 5.91 Å². The molecule has 0 aromatic carbocycles. The van der Waals surface area contributed by atoms with Gasteiger partial charge in [-0.05, 0) is 0 Å². The van der Waals surface area contributed by atoms with Crippen molar-refractivity contribution in [3.8, 4) is 0 Å². The number of rotatable bonds is 2. The molecule has 1 heterocycles. The molecule has 0 saturated carbocycles. The van der Waals surface area contributed by atoms with Crippen molar-refractivity contribution in [1.82, 2.24) is 14.9 Å². The molecule has 1 aromatic heterocycles. The molecule has 1 amide bonds. The van der Waals surface area contributed by atoms with Crippen LogP contribution < -0.4 is 5.73 Å². The van der Waals surface area contributed by atoms with Gasteiger partial charge in [0.15, 0.2) is 0 Å². The van der Waals surface area contributed by atoms with Gasteiger partial charge in [0, 0.05) is 26.5 Å². The lowest BCUT2D eigenvalue weighted by Gasteiger charge is -2.09. The Morgan fingerprint density at radius 1 is 1.46 bits per heavy atom. The summed E-state index contributed by atoms with van der Waals surface area (Å²) < 4.78 is 0. The summed E-state index contributed by atoms with van der Waals surface area (Å²) in [6, 6.07) is 0. The van der Waals surface area contributed by atoms with Crippen LogP contribution in [0.2, 0.25) is 0 Å². The number of carbonyl (C=O) groups is 1. The molecule has 0 radical (unpaired) electrons. The summed E-state index contributed by atoms with van der Waals surface area (Å²) in [4.78, 5) is 20.7. The third-order valence-corrected chi connectivity index (χ3v) is 1.54. The molecule has 0 saturated heterocycles. The molecule has 13 heavy (non-hydrogen) atoms. The monoisotopic (exact) mass is 180 g/mol.